The third-order valence-corrected chi connectivity index (χ3v) is 3.19. The zero-order valence-electron chi connectivity index (χ0n) is 22.8. The van der Waals surface area contributed by atoms with E-state index in [1.54, 1.807) is 26.5 Å². The first-order valence-electron chi connectivity index (χ1n) is 11.4. The lowest BCUT2D eigenvalue weighted by molar-refractivity contribution is 0.277. The summed E-state index contributed by atoms with van der Waals surface area (Å²) in [6.45, 7) is 19.2. The normalized spacial score (nSPS) is 8.97. The fourth-order valence-electron chi connectivity index (χ4n) is 1.89. The summed E-state index contributed by atoms with van der Waals surface area (Å²) in [5, 5.41) is 0. The highest BCUT2D eigenvalue weighted by atomic mass is 35.5. The molecule has 0 heterocycles. The molecular weight excluding hydrogens is 444 g/mol. The second-order valence-corrected chi connectivity index (χ2v) is 5.84. The van der Waals surface area contributed by atoms with Crippen LogP contribution >= 0.6 is 11.6 Å². The molecule has 0 radical (unpaired) electrons. The number of allylic oxidation sites excluding steroid dienone is 3. The Bertz CT molecular complexity index is 740. The molecule has 0 aromatic heterocycles. The van der Waals surface area contributed by atoms with Crippen molar-refractivity contribution in [3.8, 4) is 11.5 Å². The molecule has 4 nitrogen and oxygen atoms in total. The Balaban J connectivity index is -0.000000293. The quantitative estimate of drug-likeness (QED) is 0.250. The number of methoxy groups -OCH3 is 1. The summed E-state index contributed by atoms with van der Waals surface area (Å²) >= 11 is 5.07. The van der Waals surface area contributed by atoms with Crippen molar-refractivity contribution in [3.05, 3.63) is 97.2 Å². The van der Waals surface area contributed by atoms with Gasteiger partial charge in [0.2, 0.25) is 0 Å². The van der Waals surface area contributed by atoms with E-state index in [0.717, 1.165) is 28.3 Å². The molecular formula is C29H47ClN2O2. The fourth-order valence-corrected chi connectivity index (χ4v) is 1.89. The molecule has 34 heavy (non-hydrogen) atoms. The van der Waals surface area contributed by atoms with Crippen LogP contribution in [0.5, 0.6) is 11.5 Å². The Morgan fingerprint density at radius 1 is 0.941 bits per heavy atom. The van der Waals surface area contributed by atoms with E-state index in [9.17, 15) is 0 Å². The van der Waals surface area contributed by atoms with Crippen LogP contribution in [-0.4, -0.2) is 32.9 Å². The van der Waals surface area contributed by atoms with E-state index < -0.39 is 0 Å². The number of para-hydroxylation sites is 1. The minimum Gasteiger partial charge on any atom is -0.457 e. The van der Waals surface area contributed by atoms with Gasteiger partial charge in [0.15, 0.2) is 0 Å². The lowest BCUT2D eigenvalue weighted by Gasteiger charge is -2.08. The summed E-state index contributed by atoms with van der Waals surface area (Å²) in [4.78, 5) is 4.42. The summed E-state index contributed by atoms with van der Waals surface area (Å²) in [6.07, 6.45) is 5.32. The Morgan fingerprint density at radius 3 is 1.71 bits per heavy atom. The predicted molar refractivity (Wildman–Crippen MR) is 156 cm³/mol. The van der Waals surface area contributed by atoms with Crippen LogP contribution in [0.15, 0.2) is 96.7 Å². The highest BCUT2D eigenvalue weighted by molar-refractivity contribution is 6.18. The van der Waals surface area contributed by atoms with E-state index in [0.29, 0.717) is 5.88 Å². The molecule has 5 heteroatoms. The number of hydrogen-bond acceptors (Lipinski definition) is 4. The average Bonchev–Trinajstić information content (AvgIpc) is 2.90. The number of alkyl halides is 1. The highest BCUT2D eigenvalue weighted by Gasteiger charge is 2.04. The lowest BCUT2D eigenvalue weighted by atomic mass is 10.0. The van der Waals surface area contributed by atoms with E-state index in [-0.39, 0.29) is 0 Å². The van der Waals surface area contributed by atoms with Gasteiger partial charge in [0.25, 0.3) is 0 Å². The first-order valence-corrected chi connectivity index (χ1v) is 11.9. The third kappa shape index (κ3) is 22.5. The molecule has 0 aliphatic heterocycles. The van der Waals surface area contributed by atoms with Crippen LogP contribution in [-0.2, 0) is 4.74 Å². The topological polar surface area (TPSA) is 56.8 Å². The molecule has 0 unspecified atom stereocenters. The van der Waals surface area contributed by atoms with Crippen LogP contribution in [0.3, 0.4) is 0 Å². The first kappa shape index (κ1) is 38.6. The molecule has 2 aromatic rings. The number of ether oxygens (including phenoxy) is 2. The zero-order valence-corrected chi connectivity index (χ0v) is 23.5. The second kappa shape index (κ2) is 32.5. The van der Waals surface area contributed by atoms with Crippen molar-refractivity contribution >= 4 is 17.3 Å². The Kier molecular flexibility index (Phi) is 36.9. The maximum atomic E-state index is 5.78. The van der Waals surface area contributed by atoms with Crippen molar-refractivity contribution in [1.82, 2.24) is 0 Å². The lowest BCUT2D eigenvalue weighted by Crippen LogP contribution is -2.01. The minimum absolute atomic E-state index is 0.556. The van der Waals surface area contributed by atoms with Gasteiger partial charge in [-0.3, -0.25) is 4.99 Å². The summed E-state index contributed by atoms with van der Waals surface area (Å²) in [5.74, 6) is 2.19. The minimum atomic E-state index is 0.556. The molecule has 0 atom stereocenters. The maximum Gasteiger partial charge on any atom is 0.127 e. The van der Waals surface area contributed by atoms with Gasteiger partial charge in [0.1, 0.15) is 11.5 Å². The van der Waals surface area contributed by atoms with Crippen molar-refractivity contribution in [3.63, 3.8) is 0 Å². The Labute approximate surface area is 214 Å². The van der Waals surface area contributed by atoms with Crippen molar-refractivity contribution in [2.24, 2.45) is 10.7 Å². The number of benzene rings is 2. The van der Waals surface area contributed by atoms with E-state index in [1.165, 1.54) is 7.05 Å². The van der Waals surface area contributed by atoms with Crippen LogP contribution in [0.25, 0.3) is 0 Å². The smallest absolute Gasteiger partial charge is 0.127 e. The van der Waals surface area contributed by atoms with Gasteiger partial charge in [0, 0.05) is 31.9 Å². The van der Waals surface area contributed by atoms with Crippen LogP contribution in [0, 0.1) is 0 Å². The maximum absolute atomic E-state index is 5.78. The first-order chi connectivity index (χ1) is 16.5. The molecule has 0 spiro atoms. The predicted octanol–water partition coefficient (Wildman–Crippen LogP) is 8.68. The molecule has 0 bridgehead atoms. The second-order valence-electron chi connectivity index (χ2n) is 5.53. The molecule has 0 aliphatic carbocycles. The van der Waals surface area contributed by atoms with Crippen LogP contribution in [0.4, 0.5) is 0 Å². The van der Waals surface area contributed by atoms with E-state index in [2.05, 4.69) is 28.6 Å². The highest BCUT2D eigenvalue weighted by Crippen LogP contribution is 2.22. The van der Waals surface area contributed by atoms with Crippen LogP contribution < -0.4 is 10.5 Å². The zero-order chi connectivity index (χ0) is 27.2. The third-order valence-electron chi connectivity index (χ3n) is 2.97. The summed E-state index contributed by atoms with van der Waals surface area (Å²) in [5.41, 5.74) is 7.35. The van der Waals surface area contributed by atoms with Gasteiger partial charge in [-0.25, -0.2) is 0 Å². The molecule has 2 rings (SSSR count). The molecule has 192 valence electrons. The van der Waals surface area contributed by atoms with Gasteiger partial charge in [-0.05, 0) is 62.9 Å². The Morgan fingerprint density at radius 2 is 1.35 bits per heavy atom. The summed E-state index contributed by atoms with van der Waals surface area (Å²) < 4.78 is 10.0. The van der Waals surface area contributed by atoms with Crippen molar-refractivity contribution < 1.29 is 9.47 Å². The van der Waals surface area contributed by atoms with Gasteiger partial charge < -0.3 is 15.2 Å². The molecule has 0 aliphatic rings. The van der Waals surface area contributed by atoms with Gasteiger partial charge >= 0.3 is 0 Å². The number of aliphatic imine (C=N–C) groups is 1. The fraction of sp³-hybridized carbons (Fsp3) is 0.345. The molecule has 2 N–H and O–H groups in total. The molecule has 0 saturated carbocycles. The van der Waals surface area contributed by atoms with Gasteiger partial charge in [-0.15, -0.1) is 18.2 Å². The van der Waals surface area contributed by atoms with E-state index in [1.807, 2.05) is 102 Å². The summed E-state index contributed by atoms with van der Waals surface area (Å²) in [6, 6.07) is 17.6. The molecule has 0 saturated heterocycles. The van der Waals surface area contributed by atoms with Gasteiger partial charge in [-0.2, -0.15) is 0 Å². The average molecular weight is 491 g/mol. The van der Waals surface area contributed by atoms with E-state index in [4.69, 9.17) is 16.3 Å². The molecule has 2 aromatic carbocycles. The van der Waals surface area contributed by atoms with Crippen LogP contribution in [0.2, 0.25) is 0 Å². The van der Waals surface area contributed by atoms with Crippen molar-refractivity contribution in [1.29, 1.82) is 0 Å². The van der Waals surface area contributed by atoms with Gasteiger partial charge in [-0.1, -0.05) is 64.6 Å². The standard InChI is InChI=1S/C19H19NO.C3H5Cl.C2H6O.2C2H6.CH5N/c1-4-14-20-19(15(2)3)16-10-12-18(13-11-16)21-17-8-6-5-7-9-17;1-2-3-4;1-3-2;3*1-2/h4-14H,2H2,1,3H3;2H,1,3H2;1-2H3;2*1-2H3;2H2,1H3/b14-4-,20-19?;;;;;. The number of halogens is 1. The summed E-state index contributed by atoms with van der Waals surface area (Å²) in [7, 11) is 4.75. The van der Waals surface area contributed by atoms with Crippen molar-refractivity contribution in [2.45, 2.75) is 41.5 Å². The van der Waals surface area contributed by atoms with E-state index >= 15 is 0 Å². The monoisotopic (exact) mass is 490 g/mol. The molecule has 0 fully saturated rings. The van der Waals surface area contributed by atoms with Gasteiger partial charge in [0.05, 0.1) is 5.71 Å². The number of hydrogen-bond donors (Lipinski definition) is 1. The SMILES string of the molecule is C=C(C)C(=N/C=C\C)c1ccc(Oc2ccccc2)cc1.C=CCCl.CC.CC.CN.COC. The number of nitrogens with zero attached hydrogens (tertiary/aromatic N) is 1. The Hall–Kier alpha value is -2.66. The van der Waals surface area contributed by atoms with Crippen LogP contribution in [0.1, 0.15) is 47.1 Å². The largest absolute Gasteiger partial charge is 0.457 e. The van der Waals surface area contributed by atoms with Crippen molar-refractivity contribution in [2.75, 3.05) is 27.1 Å². The number of nitrogens with two attached hydrogens (primary N) is 1. The number of rotatable bonds is 6. The molecule has 0 amide bonds.